The zero-order valence-electron chi connectivity index (χ0n) is 7.09. The van der Waals surface area contributed by atoms with Crippen molar-refractivity contribution < 1.29 is 13.5 Å². The fraction of sp³-hybridized carbons (Fsp3) is 0.250. The molecule has 1 rings (SSSR count). The molecule has 0 aliphatic heterocycles. The van der Waals surface area contributed by atoms with E-state index in [-0.39, 0.29) is 10.9 Å². The Hall–Kier alpha value is -1.41. The van der Waals surface area contributed by atoms with E-state index in [1.54, 1.807) is 0 Å². The monoisotopic (exact) mass is 218 g/mol. The van der Waals surface area contributed by atoms with Crippen LogP contribution >= 0.6 is 11.6 Å². The number of rotatable bonds is 2. The van der Waals surface area contributed by atoms with Crippen molar-refractivity contribution in [3.63, 3.8) is 0 Å². The molecule has 0 aliphatic carbocycles. The van der Waals surface area contributed by atoms with E-state index in [0.717, 1.165) is 6.07 Å². The van der Waals surface area contributed by atoms with E-state index in [1.165, 1.54) is 13.2 Å². The van der Waals surface area contributed by atoms with Gasteiger partial charge in [-0.15, -0.1) is 0 Å². The van der Waals surface area contributed by atoms with E-state index in [0.29, 0.717) is 0 Å². The molecular formula is C8H5ClF2N2O. The normalized spacial score (nSPS) is 10.0. The second-order valence-corrected chi connectivity index (χ2v) is 2.71. The van der Waals surface area contributed by atoms with Crippen molar-refractivity contribution in [1.82, 2.24) is 4.98 Å². The molecule has 6 heteroatoms. The molecule has 0 N–H and O–H groups in total. The number of pyridine rings is 1. The standard InChI is InChI=1S/C8H5ClF2N2O/c1-14-5-2-6(9)13-4(3-12)7(5)8(10)11/h2,8H,1H3. The minimum absolute atomic E-state index is 0.0530. The van der Waals surface area contributed by atoms with Crippen LogP contribution in [0.1, 0.15) is 17.7 Å². The number of ether oxygens (including phenoxy) is 1. The number of aromatic nitrogens is 1. The van der Waals surface area contributed by atoms with E-state index in [2.05, 4.69) is 9.72 Å². The molecule has 14 heavy (non-hydrogen) atoms. The van der Waals surface area contributed by atoms with Gasteiger partial charge in [0.15, 0.2) is 5.69 Å². The topological polar surface area (TPSA) is 45.9 Å². The largest absolute Gasteiger partial charge is 0.496 e. The first kappa shape index (κ1) is 10.7. The van der Waals surface area contributed by atoms with E-state index in [9.17, 15) is 8.78 Å². The van der Waals surface area contributed by atoms with Crippen LogP contribution in [0.4, 0.5) is 8.78 Å². The Morgan fingerprint density at radius 1 is 1.64 bits per heavy atom. The summed E-state index contributed by atoms with van der Waals surface area (Å²) in [7, 11) is 1.22. The molecule has 3 nitrogen and oxygen atoms in total. The molecule has 0 spiro atoms. The first-order valence-electron chi connectivity index (χ1n) is 3.52. The summed E-state index contributed by atoms with van der Waals surface area (Å²) in [6.45, 7) is 0. The summed E-state index contributed by atoms with van der Waals surface area (Å²) >= 11 is 5.50. The zero-order valence-corrected chi connectivity index (χ0v) is 7.85. The summed E-state index contributed by atoms with van der Waals surface area (Å²) in [5, 5.41) is 8.50. The highest BCUT2D eigenvalue weighted by Crippen LogP contribution is 2.32. The lowest BCUT2D eigenvalue weighted by atomic mass is 10.2. The minimum atomic E-state index is -2.82. The third-order valence-corrected chi connectivity index (χ3v) is 1.73. The van der Waals surface area contributed by atoms with Crippen molar-refractivity contribution in [2.45, 2.75) is 6.43 Å². The van der Waals surface area contributed by atoms with Gasteiger partial charge in [-0.05, 0) is 0 Å². The van der Waals surface area contributed by atoms with E-state index in [4.69, 9.17) is 16.9 Å². The van der Waals surface area contributed by atoms with E-state index < -0.39 is 17.7 Å². The van der Waals surface area contributed by atoms with E-state index >= 15 is 0 Å². The number of nitriles is 1. The van der Waals surface area contributed by atoms with Crippen molar-refractivity contribution in [2.75, 3.05) is 7.11 Å². The number of nitrogens with zero attached hydrogens (tertiary/aromatic N) is 2. The fourth-order valence-corrected chi connectivity index (χ4v) is 1.15. The van der Waals surface area contributed by atoms with Crippen LogP contribution in [-0.2, 0) is 0 Å². The van der Waals surface area contributed by atoms with Gasteiger partial charge in [0.2, 0.25) is 0 Å². The quantitative estimate of drug-likeness (QED) is 0.717. The minimum Gasteiger partial charge on any atom is -0.496 e. The second-order valence-electron chi connectivity index (χ2n) is 2.32. The van der Waals surface area contributed by atoms with Gasteiger partial charge in [-0.3, -0.25) is 0 Å². The predicted molar refractivity (Wildman–Crippen MR) is 45.5 cm³/mol. The van der Waals surface area contributed by atoms with Gasteiger partial charge in [-0.2, -0.15) is 5.26 Å². The summed E-state index contributed by atoms with van der Waals surface area (Å²) in [6.07, 6.45) is -2.82. The molecule has 0 fully saturated rings. The number of hydrogen-bond acceptors (Lipinski definition) is 3. The Bertz CT molecular complexity index is 390. The van der Waals surface area contributed by atoms with Gasteiger partial charge in [0.1, 0.15) is 17.0 Å². The van der Waals surface area contributed by atoms with Gasteiger partial charge < -0.3 is 4.74 Å². The third kappa shape index (κ3) is 1.91. The van der Waals surface area contributed by atoms with Crippen molar-refractivity contribution >= 4 is 11.6 Å². The van der Waals surface area contributed by atoms with Gasteiger partial charge in [0, 0.05) is 6.07 Å². The van der Waals surface area contributed by atoms with Crippen molar-refractivity contribution in [1.29, 1.82) is 5.26 Å². The molecule has 0 aliphatic rings. The Balaban J connectivity index is 3.42. The summed E-state index contributed by atoms with van der Waals surface area (Å²) in [5.74, 6) is -0.128. The van der Waals surface area contributed by atoms with Crippen LogP contribution in [0.5, 0.6) is 5.75 Å². The van der Waals surface area contributed by atoms with Gasteiger partial charge in [0.05, 0.1) is 12.7 Å². The van der Waals surface area contributed by atoms with Crippen LogP contribution < -0.4 is 4.74 Å². The SMILES string of the molecule is COc1cc(Cl)nc(C#N)c1C(F)F. The highest BCUT2D eigenvalue weighted by atomic mass is 35.5. The first-order valence-corrected chi connectivity index (χ1v) is 3.90. The van der Waals surface area contributed by atoms with E-state index in [1.807, 2.05) is 0 Å². The lowest BCUT2D eigenvalue weighted by Gasteiger charge is -2.08. The summed E-state index contributed by atoms with van der Waals surface area (Å²) in [4.78, 5) is 3.47. The molecule has 1 heterocycles. The second kappa shape index (κ2) is 4.20. The Labute approximate surface area is 83.9 Å². The summed E-state index contributed by atoms with van der Waals surface area (Å²) < 4.78 is 29.6. The lowest BCUT2D eigenvalue weighted by molar-refractivity contribution is 0.146. The molecule has 0 aromatic carbocycles. The number of halogens is 3. The third-order valence-electron chi connectivity index (χ3n) is 1.53. The summed E-state index contributed by atoms with van der Waals surface area (Å²) in [5.41, 5.74) is -0.941. The molecule has 0 unspecified atom stereocenters. The number of alkyl halides is 2. The van der Waals surface area contributed by atoms with Crippen molar-refractivity contribution in [2.24, 2.45) is 0 Å². The Morgan fingerprint density at radius 3 is 2.71 bits per heavy atom. The van der Waals surface area contributed by atoms with Gasteiger partial charge in [-0.1, -0.05) is 11.6 Å². The molecule has 0 radical (unpaired) electrons. The smallest absolute Gasteiger partial charge is 0.270 e. The van der Waals surface area contributed by atoms with Crippen LogP contribution in [0, 0.1) is 11.3 Å². The maximum absolute atomic E-state index is 12.5. The van der Waals surface area contributed by atoms with Crippen LogP contribution in [-0.4, -0.2) is 12.1 Å². The van der Waals surface area contributed by atoms with Crippen LogP contribution in [0.15, 0.2) is 6.07 Å². The average Bonchev–Trinajstić information content (AvgIpc) is 2.15. The van der Waals surface area contributed by atoms with Crippen LogP contribution in [0.25, 0.3) is 0 Å². The van der Waals surface area contributed by atoms with Crippen LogP contribution in [0.3, 0.4) is 0 Å². The molecule has 0 amide bonds. The zero-order chi connectivity index (χ0) is 10.7. The highest BCUT2D eigenvalue weighted by molar-refractivity contribution is 6.29. The molecule has 0 bridgehead atoms. The molecular weight excluding hydrogens is 214 g/mol. The Kier molecular flexibility index (Phi) is 3.20. The number of hydrogen-bond donors (Lipinski definition) is 0. The van der Waals surface area contributed by atoms with Gasteiger partial charge in [0.25, 0.3) is 6.43 Å². The van der Waals surface area contributed by atoms with Gasteiger partial charge >= 0.3 is 0 Å². The lowest BCUT2D eigenvalue weighted by Crippen LogP contribution is -1.99. The maximum Gasteiger partial charge on any atom is 0.270 e. The van der Waals surface area contributed by atoms with Crippen molar-refractivity contribution in [3.8, 4) is 11.8 Å². The predicted octanol–water partition coefficient (Wildman–Crippen LogP) is 2.55. The van der Waals surface area contributed by atoms with Gasteiger partial charge in [-0.25, -0.2) is 13.8 Å². The molecule has 0 saturated heterocycles. The maximum atomic E-state index is 12.5. The van der Waals surface area contributed by atoms with Crippen LogP contribution in [0.2, 0.25) is 5.15 Å². The molecule has 0 atom stereocenters. The average molecular weight is 219 g/mol. The highest BCUT2D eigenvalue weighted by Gasteiger charge is 2.21. The number of methoxy groups -OCH3 is 1. The van der Waals surface area contributed by atoms with Crippen molar-refractivity contribution in [3.05, 3.63) is 22.5 Å². The molecule has 74 valence electrons. The molecule has 1 aromatic heterocycles. The molecule has 1 aromatic rings. The summed E-state index contributed by atoms with van der Waals surface area (Å²) in [6, 6.07) is 2.68. The fourth-order valence-electron chi connectivity index (χ4n) is 0.967. The molecule has 0 saturated carbocycles. The Morgan fingerprint density at radius 2 is 2.29 bits per heavy atom. The first-order chi connectivity index (χ1) is 6.60.